The van der Waals surface area contributed by atoms with E-state index < -0.39 is 12.0 Å². The van der Waals surface area contributed by atoms with Gasteiger partial charge in [0, 0.05) is 13.1 Å². The second kappa shape index (κ2) is 5.84. The molecule has 1 aromatic carbocycles. The molecular weight excluding hydrogens is 311 g/mol. The van der Waals surface area contributed by atoms with Crippen molar-refractivity contribution in [2.45, 2.75) is 25.7 Å². The number of aromatic nitrogens is 2. The van der Waals surface area contributed by atoms with Crippen molar-refractivity contribution in [1.82, 2.24) is 14.5 Å². The standard InChI is InChI=1S/C15H16F3N3O2/c1-10-8-20(6-7-23-10)13(22)9-21-12-5-3-2-4-11(12)19-14(21)15(16,17)18/h2-5,10H,6-9H2,1H3/t10-/m0/s1. The van der Waals surface area contributed by atoms with Crippen LogP contribution < -0.4 is 0 Å². The summed E-state index contributed by atoms with van der Waals surface area (Å²) in [6.45, 7) is 2.60. The molecule has 0 N–H and O–H groups in total. The lowest BCUT2D eigenvalue weighted by atomic mass is 10.3. The van der Waals surface area contributed by atoms with Gasteiger partial charge in [-0.1, -0.05) is 12.1 Å². The Labute approximate surface area is 130 Å². The molecule has 124 valence electrons. The fraction of sp³-hybridized carbons (Fsp3) is 0.467. The fourth-order valence-corrected chi connectivity index (χ4v) is 2.73. The molecule has 23 heavy (non-hydrogen) atoms. The Morgan fingerprint density at radius 2 is 2.13 bits per heavy atom. The number of rotatable bonds is 2. The number of ether oxygens (including phenoxy) is 1. The van der Waals surface area contributed by atoms with Crippen molar-refractivity contribution in [1.29, 1.82) is 0 Å². The third-order valence-electron chi connectivity index (χ3n) is 3.80. The van der Waals surface area contributed by atoms with Gasteiger partial charge in [0.1, 0.15) is 6.54 Å². The largest absolute Gasteiger partial charge is 0.449 e. The van der Waals surface area contributed by atoms with Gasteiger partial charge in [0.25, 0.3) is 0 Å². The van der Waals surface area contributed by atoms with Gasteiger partial charge in [-0.3, -0.25) is 4.79 Å². The van der Waals surface area contributed by atoms with Crippen molar-refractivity contribution >= 4 is 16.9 Å². The van der Waals surface area contributed by atoms with Crippen molar-refractivity contribution in [3.8, 4) is 0 Å². The first-order valence-electron chi connectivity index (χ1n) is 7.28. The van der Waals surface area contributed by atoms with E-state index in [1.54, 1.807) is 12.1 Å². The van der Waals surface area contributed by atoms with Crippen molar-refractivity contribution < 1.29 is 22.7 Å². The van der Waals surface area contributed by atoms with Crippen LogP contribution in [-0.4, -0.2) is 46.2 Å². The van der Waals surface area contributed by atoms with E-state index in [0.29, 0.717) is 25.2 Å². The molecule has 0 unspecified atom stereocenters. The SMILES string of the molecule is C[C@H]1CN(C(=O)Cn2c(C(F)(F)F)nc3ccccc32)CCO1. The lowest BCUT2D eigenvalue weighted by molar-refractivity contribution is -0.149. The number of amides is 1. The molecule has 1 aliphatic rings. The average Bonchev–Trinajstić information content (AvgIpc) is 2.86. The highest BCUT2D eigenvalue weighted by atomic mass is 19.4. The number of alkyl halides is 3. The monoisotopic (exact) mass is 327 g/mol. The average molecular weight is 327 g/mol. The molecule has 8 heteroatoms. The van der Waals surface area contributed by atoms with Gasteiger partial charge in [-0.15, -0.1) is 0 Å². The van der Waals surface area contributed by atoms with Crippen molar-refractivity contribution in [2.75, 3.05) is 19.7 Å². The molecular formula is C15H16F3N3O2. The highest BCUT2D eigenvalue weighted by molar-refractivity contribution is 5.81. The summed E-state index contributed by atoms with van der Waals surface area (Å²) in [7, 11) is 0. The minimum Gasteiger partial charge on any atom is -0.375 e. The predicted molar refractivity (Wildman–Crippen MR) is 76.7 cm³/mol. The van der Waals surface area contributed by atoms with E-state index in [9.17, 15) is 18.0 Å². The van der Waals surface area contributed by atoms with Gasteiger partial charge in [-0.2, -0.15) is 13.2 Å². The molecule has 1 aromatic heterocycles. The van der Waals surface area contributed by atoms with Crippen LogP contribution in [-0.2, 0) is 22.3 Å². The number of fused-ring (bicyclic) bond motifs is 1. The molecule has 5 nitrogen and oxygen atoms in total. The first kappa shape index (κ1) is 15.8. The zero-order chi connectivity index (χ0) is 16.6. The maximum Gasteiger partial charge on any atom is 0.449 e. The molecule has 0 radical (unpaired) electrons. The molecule has 1 atom stereocenters. The number of para-hydroxylation sites is 2. The number of benzene rings is 1. The Bertz CT molecular complexity index is 726. The van der Waals surface area contributed by atoms with Crippen LogP contribution in [0.5, 0.6) is 0 Å². The van der Waals surface area contributed by atoms with E-state index in [4.69, 9.17) is 4.74 Å². The van der Waals surface area contributed by atoms with Gasteiger partial charge in [0.15, 0.2) is 0 Å². The molecule has 1 fully saturated rings. The van der Waals surface area contributed by atoms with Crippen LogP contribution in [0.1, 0.15) is 12.7 Å². The minimum atomic E-state index is -4.61. The van der Waals surface area contributed by atoms with Gasteiger partial charge < -0.3 is 14.2 Å². The maximum atomic E-state index is 13.2. The molecule has 2 heterocycles. The number of carbonyl (C=O) groups excluding carboxylic acids is 1. The van der Waals surface area contributed by atoms with Gasteiger partial charge in [-0.25, -0.2) is 4.98 Å². The molecule has 1 amide bonds. The van der Waals surface area contributed by atoms with E-state index in [2.05, 4.69) is 4.98 Å². The van der Waals surface area contributed by atoms with Crippen molar-refractivity contribution in [3.05, 3.63) is 30.1 Å². The summed E-state index contributed by atoms with van der Waals surface area (Å²) in [5.74, 6) is -1.41. The first-order chi connectivity index (χ1) is 10.9. The van der Waals surface area contributed by atoms with Crippen LogP contribution in [0.3, 0.4) is 0 Å². The number of hydrogen-bond acceptors (Lipinski definition) is 3. The normalized spacial score (nSPS) is 19.3. The molecule has 1 saturated heterocycles. The molecule has 0 spiro atoms. The smallest absolute Gasteiger partial charge is 0.375 e. The summed E-state index contributed by atoms with van der Waals surface area (Å²) in [6, 6.07) is 6.28. The minimum absolute atomic E-state index is 0.116. The van der Waals surface area contributed by atoms with E-state index >= 15 is 0 Å². The highest BCUT2D eigenvalue weighted by Gasteiger charge is 2.38. The first-order valence-corrected chi connectivity index (χ1v) is 7.28. The molecule has 0 saturated carbocycles. The Balaban J connectivity index is 1.93. The summed E-state index contributed by atoms with van der Waals surface area (Å²) in [6.07, 6.45) is -4.73. The van der Waals surface area contributed by atoms with Gasteiger partial charge in [0.05, 0.1) is 23.7 Å². The second-order valence-electron chi connectivity index (χ2n) is 5.53. The molecule has 3 rings (SSSR count). The highest BCUT2D eigenvalue weighted by Crippen LogP contribution is 2.31. The Hall–Kier alpha value is -2.09. The van der Waals surface area contributed by atoms with Crippen LogP contribution in [0, 0.1) is 0 Å². The number of imidazole rings is 1. The third kappa shape index (κ3) is 3.17. The maximum absolute atomic E-state index is 13.2. The van der Waals surface area contributed by atoms with Crippen LogP contribution in [0.2, 0.25) is 0 Å². The van der Waals surface area contributed by atoms with Crippen molar-refractivity contribution in [2.24, 2.45) is 0 Å². The number of halogens is 3. The summed E-state index contributed by atoms with van der Waals surface area (Å²) in [5.41, 5.74) is 0.525. The van der Waals surface area contributed by atoms with Crippen LogP contribution >= 0.6 is 0 Å². The van der Waals surface area contributed by atoms with Crippen molar-refractivity contribution in [3.63, 3.8) is 0 Å². The zero-order valence-electron chi connectivity index (χ0n) is 12.5. The van der Waals surface area contributed by atoms with Gasteiger partial charge in [-0.05, 0) is 19.1 Å². The van der Waals surface area contributed by atoms with Gasteiger partial charge >= 0.3 is 6.18 Å². The third-order valence-corrected chi connectivity index (χ3v) is 3.80. The quantitative estimate of drug-likeness (QED) is 0.850. The van der Waals surface area contributed by atoms with E-state index in [-0.39, 0.29) is 24.1 Å². The molecule has 1 aliphatic heterocycles. The number of carbonyl (C=O) groups is 1. The number of nitrogens with zero attached hydrogens (tertiary/aromatic N) is 3. The van der Waals surface area contributed by atoms with E-state index in [1.807, 2.05) is 6.92 Å². The zero-order valence-corrected chi connectivity index (χ0v) is 12.5. The second-order valence-corrected chi connectivity index (χ2v) is 5.53. The van der Waals surface area contributed by atoms with Crippen LogP contribution in [0.4, 0.5) is 13.2 Å². The van der Waals surface area contributed by atoms with Crippen LogP contribution in [0.15, 0.2) is 24.3 Å². The Morgan fingerprint density at radius 3 is 2.83 bits per heavy atom. The summed E-state index contributed by atoms with van der Waals surface area (Å²) in [5, 5.41) is 0. The lowest BCUT2D eigenvalue weighted by Gasteiger charge is -2.31. The van der Waals surface area contributed by atoms with Gasteiger partial charge in [0.2, 0.25) is 11.7 Å². The summed E-state index contributed by atoms with van der Waals surface area (Å²) in [4.78, 5) is 17.6. The Kier molecular flexibility index (Phi) is 4.01. The number of morpholine rings is 1. The predicted octanol–water partition coefficient (Wildman–Crippen LogP) is 2.30. The van der Waals surface area contributed by atoms with Crippen LogP contribution in [0.25, 0.3) is 11.0 Å². The topological polar surface area (TPSA) is 47.4 Å². The fourth-order valence-electron chi connectivity index (χ4n) is 2.73. The molecule has 0 aliphatic carbocycles. The van der Waals surface area contributed by atoms with E-state index in [1.165, 1.54) is 17.0 Å². The Morgan fingerprint density at radius 1 is 1.39 bits per heavy atom. The molecule has 2 aromatic rings. The number of hydrogen-bond donors (Lipinski definition) is 0. The summed E-state index contributed by atoms with van der Waals surface area (Å²) < 4.78 is 45.9. The summed E-state index contributed by atoms with van der Waals surface area (Å²) >= 11 is 0. The lowest BCUT2D eigenvalue weighted by Crippen LogP contribution is -2.46. The van der Waals surface area contributed by atoms with E-state index in [0.717, 1.165) is 4.57 Å². The molecule has 0 bridgehead atoms.